The van der Waals surface area contributed by atoms with E-state index in [0.717, 1.165) is 36.9 Å². The molecule has 3 fully saturated rings. The van der Waals surface area contributed by atoms with E-state index < -0.39 is 0 Å². The van der Waals surface area contributed by atoms with Crippen LogP contribution in [0.4, 0.5) is 5.69 Å². The molecule has 4 rings (SSSR count). The summed E-state index contributed by atoms with van der Waals surface area (Å²) in [6, 6.07) is 7.68. The molecule has 3 aliphatic rings. The fourth-order valence-corrected chi connectivity index (χ4v) is 6.42. The molecule has 8 heteroatoms. The Labute approximate surface area is 250 Å². The molecule has 2 aliphatic heterocycles. The van der Waals surface area contributed by atoms with Crippen molar-refractivity contribution in [1.29, 1.82) is 0 Å². The predicted octanol–water partition coefficient (Wildman–Crippen LogP) is 5.96. The third-order valence-electron chi connectivity index (χ3n) is 9.07. The molecule has 0 aromatic heterocycles. The van der Waals surface area contributed by atoms with E-state index >= 15 is 0 Å². The molecule has 0 unspecified atom stereocenters. The SMILES string of the molecule is CO[C@@H]1[C@H](OC(=O)CCCc2ccc(NC(=O)CCCC(=O)C(C)C)cc2)CC[C@]2(CO2)[C@H]1[C@]1(C)O[C@@H]1CC=C(C)C. The van der Waals surface area contributed by atoms with Crippen LogP contribution < -0.4 is 5.32 Å². The molecule has 2 heterocycles. The van der Waals surface area contributed by atoms with E-state index in [1.54, 1.807) is 7.11 Å². The van der Waals surface area contributed by atoms with Gasteiger partial charge >= 0.3 is 5.97 Å². The number of carbonyl (C=O) groups is 3. The van der Waals surface area contributed by atoms with Gasteiger partial charge < -0.3 is 24.3 Å². The molecule has 1 aliphatic carbocycles. The van der Waals surface area contributed by atoms with Crippen molar-refractivity contribution in [3.05, 3.63) is 41.5 Å². The monoisotopic (exact) mass is 583 g/mol. The van der Waals surface area contributed by atoms with Crippen LogP contribution in [0.15, 0.2) is 35.9 Å². The van der Waals surface area contributed by atoms with Crippen molar-refractivity contribution in [1.82, 2.24) is 0 Å². The largest absolute Gasteiger partial charge is 0.460 e. The molecule has 1 N–H and O–H groups in total. The second-order valence-corrected chi connectivity index (χ2v) is 13.0. The number of rotatable bonds is 15. The minimum atomic E-state index is -0.355. The van der Waals surface area contributed by atoms with E-state index in [0.29, 0.717) is 38.7 Å². The molecule has 42 heavy (non-hydrogen) atoms. The third-order valence-corrected chi connectivity index (χ3v) is 9.07. The molecule has 232 valence electrons. The number of epoxide rings is 2. The molecule has 1 aromatic rings. The van der Waals surface area contributed by atoms with E-state index in [9.17, 15) is 14.4 Å². The number of amides is 1. The number of hydrogen-bond acceptors (Lipinski definition) is 7. The summed E-state index contributed by atoms with van der Waals surface area (Å²) in [5.74, 6) is -0.100. The summed E-state index contributed by atoms with van der Waals surface area (Å²) in [6.45, 7) is 10.8. The first kappa shape index (κ1) is 32.4. The highest BCUT2D eigenvalue weighted by molar-refractivity contribution is 5.91. The van der Waals surface area contributed by atoms with Gasteiger partial charge in [0.25, 0.3) is 0 Å². The fourth-order valence-electron chi connectivity index (χ4n) is 6.42. The van der Waals surface area contributed by atoms with Gasteiger partial charge in [0.05, 0.1) is 18.6 Å². The number of methoxy groups -OCH3 is 1. The normalized spacial score (nSPS) is 29.7. The van der Waals surface area contributed by atoms with Gasteiger partial charge in [0.15, 0.2) is 0 Å². The van der Waals surface area contributed by atoms with Gasteiger partial charge in [-0.05, 0) is 77.0 Å². The van der Waals surface area contributed by atoms with Crippen LogP contribution in [0.2, 0.25) is 0 Å². The molecule has 1 spiro atoms. The first-order valence-corrected chi connectivity index (χ1v) is 15.6. The van der Waals surface area contributed by atoms with Gasteiger partial charge in [0.2, 0.25) is 5.91 Å². The molecule has 1 amide bonds. The Morgan fingerprint density at radius 2 is 1.81 bits per heavy atom. The van der Waals surface area contributed by atoms with Gasteiger partial charge in [-0.2, -0.15) is 0 Å². The van der Waals surface area contributed by atoms with Crippen molar-refractivity contribution in [2.24, 2.45) is 11.8 Å². The van der Waals surface area contributed by atoms with Crippen LogP contribution in [-0.2, 0) is 39.8 Å². The molecule has 1 aromatic carbocycles. The van der Waals surface area contributed by atoms with Crippen molar-refractivity contribution in [3.8, 4) is 0 Å². The third kappa shape index (κ3) is 8.08. The number of Topliss-reactive ketones (excluding diaryl/α,β-unsaturated/α-hetero) is 1. The van der Waals surface area contributed by atoms with Crippen LogP contribution in [0.5, 0.6) is 0 Å². The minimum Gasteiger partial charge on any atom is -0.460 e. The highest BCUT2D eigenvalue weighted by atomic mass is 16.6. The molecular weight excluding hydrogens is 534 g/mol. The maximum absolute atomic E-state index is 12.9. The summed E-state index contributed by atoms with van der Waals surface area (Å²) in [7, 11) is 1.69. The lowest BCUT2D eigenvalue weighted by atomic mass is 9.68. The average Bonchev–Trinajstić information content (AvgIpc) is 3.86. The van der Waals surface area contributed by atoms with Gasteiger partial charge in [-0.1, -0.05) is 37.6 Å². The van der Waals surface area contributed by atoms with E-state index in [4.69, 9.17) is 18.9 Å². The van der Waals surface area contributed by atoms with E-state index in [2.05, 4.69) is 32.2 Å². The minimum absolute atomic E-state index is 0.00563. The Morgan fingerprint density at radius 1 is 1.10 bits per heavy atom. The van der Waals surface area contributed by atoms with Gasteiger partial charge in [-0.15, -0.1) is 0 Å². The smallest absolute Gasteiger partial charge is 0.306 e. The highest BCUT2D eigenvalue weighted by Gasteiger charge is 2.72. The predicted molar refractivity (Wildman–Crippen MR) is 161 cm³/mol. The quantitative estimate of drug-likeness (QED) is 0.154. The van der Waals surface area contributed by atoms with Crippen LogP contribution in [-0.4, -0.2) is 60.9 Å². The number of aryl methyl sites for hydroxylation is 1. The van der Waals surface area contributed by atoms with Crippen LogP contribution in [0.25, 0.3) is 0 Å². The molecule has 0 radical (unpaired) electrons. The molecule has 0 bridgehead atoms. The van der Waals surface area contributed by atoms with Crippen molar-refractivity contribution >= 4 is 23.3 Å². The summed E-state index contributed by atoms with van der Waals surface area (Å²) in [6.07, 6.45) is 7.19. The van der Waals surface area contributed by atoms with Crippen molar-refractivity contribution in [3.63, 3.8) is 0 Å². The Balaban J connectivity index is 1.21. The Morgan fingerprint density at radius 3 is 2.43 bits per heavy atom. The molecule has 8 nitrogen and oxygen atoms in total. The van der Waals surface area contributed by atoms with E-state index in [-0.39, 0.29) is 59.0 Å². The first-order chi connectivity index (χ1) is 20.0. The lowest BCUT2D eigenvalue weighted by molar-refractivity contribution is -0.172. The van der Waals surface area contributed by atoms with Crippen LogP contribution >= 0.6 is 0 Å². The van der Waals surface area contributed by atoms with Crippen molar-refractivity contribution in [2.45, 2.75) is 122 Å². The molecule has 6 atom stereocenters. The Hall–Kier alpha value is -2.55. The Kier molecular flexibility index (Phi) is 10.7. The lowest BCUT2D eigenvalue weighted by Crippen LogP contribution is -2.55. The first-order valence-electron chi connectivity index (χ1n) is 15.6. The molecular formula is C34H49NO7. The van der Waals surface area contributed by atoms with Gasteiger partial charge in [-0.3, -0.25) is 14.4 Å². The molecule has 2 saturated heterocycles. The number of ketones is 1. The standard InChI is InChI=1S/C34H49NO7/c1-22(2)13-18-28-33(5,42-28)32-31(39-6)27(19-20-34(32)21-40-34)41-30(38)12-7-9-24-14-16-25(17-15-24)35-29(37)11-8-10-26(36)23(3)4/h13-17,23,27-28,31-32H,7-12,18-21H2,1-6H3,(H,35,37)/t27-,28-,31-,32-,33-,34+/m1/s1. The van der Waals surface area contributed by atoms with Crippen molar-refractivity contribution < 1.29 is 33.3 Å². The number of hydrogen-bond donors (Lipinski definition) is 1. The van der Waals surface area contributed by atoms with E-state index in [1.807, 2.05) is 38.1 Å². The summed E-state index contributed by atoms with van der Waals surface area (Å²) < 4.78 is 24.3. The highest BCUT2D eigenvalue weighted by Crippen LogP contribution is 2.59. The maximum atomic E-state index is 12.9. The molecule has 1 saturated carbocycles. The maximum Gasteiger partial charge on any atom is 0.306 e. The van der Waals surface area contributed by atoms with Gasteiger partial charge in [0, 0.05) is 38.0 Å². The summed E-state index contributed by atoms with van der Waals surface area (Å²) in [4.78, 5) is 36.8. The van der Waals surface area contributed by atoms with Crippen LogP contribution in [0.3, 0.4) is 0 Å². The summed E-state index contributed by atoms with van der Waals surface area (Å²) in [5.41, 5.74) is 2.49. The van der Waals surface area contributed by atoms with Crippen LogP contribution in [0, 0.1) is 11.8 Å². The number of benzene rings is 1. The number of carbonyl (C=O) groups excluding carboxylic acids is 3. The number of allylic oxidation sites excluding steroid dienone is 1. The van der Waals surface area contributed by atoms with Gasteiger partial charge in [0.1, 0.15) is 29.2 Å². The zero-order valence-corrected chi connectivity index (χ0v) is 26.2. The number of ether oxygens (including phenoxy) is 4. The van der Waals surface area contributed by atoms with E-state index in [1.165, 1.54) is 5.57 Å². The number of nitrogens with one attached hydrogen (secondary N) is 1. The zero-order chi connectivity index (χ0) is 30.5. The second kappa shape index (κ2) is 13.8. The summed E-state index contributed by atoms with van der Waals surface area (Å²) in [5, 5.41) is 2.89. The zero-order valence-electron chi connectivity index (χ0n) is 26.2. The summed E-state index contributed by atoms with van der Waals surface area (Å²) >= 11 is 0. The lowest BCUT2D eigenvalue weighted by Gasteiger charge is -2.42. The Bertz CT molecular complexity index is 1140. The second-order valence-electron chi connectivity index (χ2n) is 13.0. The van der Waals surface area contributed by atoms with Gasteiger partial charge in [-0.25, -0.2) is 0 Å². The average molecular weight is 584 g/mol. The fraction of sp³-hybridized carbons (Fsp3) is 0.676. The topological polar surface area (TPSA) is 107 Å². The number of esters is 1. The van der Waals surface area contributed by atoms with Crippen molar-refractivity contribution in [2.75, 3.05) is 19.0 Å². The van der Waals surface area contributed by atoms with Crippen LogP contribution in [0.1, 0.15) is 91.5 Å². The number of anilines is 1.